The molecule has 3 aromatic rings. The zero-order valence-corrected chi connectivity index (χ0v) is 22.1. The molecule has 1 atom stereocenters. The second-order valence-electron chi connectivity index (χ2n) is 10.6. The van der Waals surface area contributed by atoms with E-state index in [0.29, 0.717) is 28.2 Å². The first kappa shape index (κ1) is 25.1. The molecule has 4 heterocycles. The molecule has 3 aliphatic heterocycles. The minimum Gasteiger partial charge on any atom is -0.489 e. The second-order valence-corrected chi connectivity index (χ2v) is 10.6. The van der Waals surface area contributed by atoms with Crippen molar-refractivity contribution in [1.82, 2.24) is 15.1 Å². The fourth-order valence-electron chi connectivity index (χ4n) is 5.62. The summed E-state index contributed by atoms with van der Waals surface area (Å²) in [6.45, 7) is 5.25. The number of hydrogen-bond donors (Lipinski definition) is 1. The molecule has 0 bridgehead atoms. The van der Waals surface area contributed by atoms with Crippen LogP contribution in [0.1, 0.15) is 29.0 Å². The van der Waals surface area contributed by atoms with Crippen molar-refractivity contribution < 1.29 is 19.1 Å². The average molecular weight is 530 g/mol. The Labute approximate surface area is 226 Å². The van der Waals surface area contributed by atoms with Crippen LogP contribution in [0.5, 0.6) is 5.75 Å². The van der Waals surface area contributed by atoms with Crippen LogP contribution in [0.25, 0.3) is 5.69 Å². The fraction of sp³-hybridized carbons (Fsp3) is 0.379. The van der Waals surface area contributed by atoms with Crippen molar-refractivity contribution in [1.29, 1.82) is 0 Å². The first-order valence-electron chi connectivity index (χ1n) is 13.2. The number of ether oxygens (including phenoxy) is 2. The molecule has 0 radical (unpaired) electrons. The molecule has 10 heteroatoms. The summed E-state index contributed by atoms with van der Waals surface area (Å²) >= 11 is 0. The van der Waals surface area contributed by atoms with Crippen LogP contribution in [0.15, 0.2) is 59.4 Å². The van der Waals surface area contributed by atoms with Crippen LogP contribution in [-0.4, -0.2) is 67.6 Å². The predicted octanol–water partition coefficient (Wildman–Crippen LogP) is 2.31. The van der Waals surface area contributed by atoms with Gasteiger partial charge in [0.2, 0.25) is 5.43 Å². The molecule has 3 aliphatic rings. The van der Waals surface area contributed by atoms with Crippen molar-refractivity contribution in [3.63, 3.8) is 0 Å². The summed E-state index contributed by atoms with van der Waals surface area (Å²) in [7, 11) is 1.67. The smallest absolute Gasteiger partial charge is 0.276 e. The Balaban J connectivity index is 1.19. The van der Waals surface area contributed by atoms with Crippen molar-refractivity contribution >= 4 is 23.2 Å². The molecular weight excluding hydrogens is 498 g/mol. The van der Waals surface area contributed by atoms with Crippen LogP contribution in [0.3, 0.4) is 0 Å². The topological polar surface area (TPSA) is 106 Å². The third-order valence-corrected chi connectivity index (χ3v) is 7.94. The van der Waals surface area contributed by atoms with E-state index >= 15 is 0 Å². The van der Waals surface area contributed by atoms with E-state index in [1.54, 1.807) is 14.0 Å². The number of likely N-dealkylation sites (N-methyl/N-ethyl adjacent to an activating group) is 1. The molecule has 39 heavy (non-hydrogen) atoms. The number of benzene rings is 2. The van der Waals surface area contributed by atoms with E-state index in [2.05, 4.69) is 15.3 Å². The largest absolute Gasteiger partial charge is 0.489 e. The maximum Gasteiger partial charge on any atom is 0.276 e. The van der Waals surface area contributed by atoms with Crippen LogP contribution in [0.4, 0.5) is 11.4 Å². The number of fused-ring (bicyclic) bond motifs is 1. The fourth-order valence-corrected chi connectivity index (χ4v) is 5.62. The van der Waals surface area contributed by atoms with E-state index in [-0.39, 0.29) is 18.2 Å². The number of carbonyl (C=O) groups excluding carboxylic acids is 2. The molecule has 0 aliphatic carbocycles. The van der Waals surface area contributed by atoms with Crippen molar-refractivity contribution in [3.05, 3.63) is 76.2 Å². The normalized spacial score (nSPS) is 20.1. The van der Waals surface area contributed by atoms with Crippen LogP contribution in [0.2, 0.25) is 0 Å². The molecule has 6 rings (SSSR count). The average Bonchev–Trinajstić information content (AvgIpc) is 3.04. The maximum absolute atomic E-state index is 13.4. The van der Waals surface area contributed by atoms with Crippen LogP contribution in [0, 0.1) is 12.3 Å². The van der Waals surface area contributed by atoms with Gasteiger partial charge in [0.1, 0.15) is 18.4 Å². The number of aryl methyl sites for hydroxylation is 1. The van der Waals surface area contributed by atoms with Crippen LogP contribution in [-0.2, 0) is 9.53 Å². The van der Waals surface area contributed by atoms with Gasteiger partial charge in [-0.05, 0) is 50.1 Å². The molecule has 10 nitrogen and oxygen atoms in total. The highest BCUT2D eigenvalue weighted by molar-refractivity contribution is 6.03. The van der Waals surface area contributed by atoms with Crippen LogP contribution < -0.4 is 25.3 Å². The molecular formula is C29H31N5O5. The summed E-state index contributed by atoms with van der Waals surface area (Å²) < 4.78 is 13.0. The summed E-state index contributed by atoms with van der Waals surface area (Å²) in [5.74, 6) is -0.499. The van der Waals surface area contributed by atoms with E-state index < -0.39 is 17.4 Å². The minimum atomic E-state index is -0.986. The highest BCUT2D eigenvalue weighted by Crippen LogP contribution is 2.44. The van der Waals surface area contributed by atoms with Crippen molar-refractivity contribution in [3.8, 4) is 11.4 Å². The molecule has 0 saturated carbocycles. The summed E-state index contributed by atoms with van der Waals surface area (Å²) in [5, 5.41) is 6.98. The Bertz CT molecular complexity index is 1470. The molecule has 2 saturated heterocycles. The van der Waals surface area contributed by atoms with Gasteiger partial charge in [-0.15, -0.1) is 0 Å². The number of rotatable bonds is 4. The lowest BCUT2D eigenvalue weighted by Gasteiger charge is -2.53. The van der Waals surface area contributed by atoms with Gasteiger partial charge >= 0.3 is 0 Å². The Morgan fingerprint density at radius 2 is 1.77 bits per heavy atom. The molecule has 2 fully saturated rings. The maximum atomic E-state index is 13.4. The lowest BCUT2D eigenvalue weighted by Crippen LogP contribution is -2.58. The zero-order valence-electron chi connectivity index (χ0n) is 22.1. The van der Waals surface area contributed by atoms with Gasteiger partial charge in [0.05, 0.1) is 11.4 Å². The van der Waals surface area contributed by atoms with E-state index in [9.17, 15) is 14.4 Å². The SMILES string of the molecule is Cc1cc(=O)c(C(=O)NC2COc3ccc(N4CC5(CCOCC5)C4)cc3N(C)C2=O)nn1-c1ccccc1. The summed E-state index contributed by atoms with van der Waals surface area (Å²) in [5.41, 5.74) is 2.49. The summed E-state index contributed by atoms with van der Waals surface area (Å²) in [6.07, 6.45) is 2.15. The molecule has 2 aromatic carbocycles. The summed E-state index contributed by atoms with van der Waals surface area (Å²) in [6, 6.07) is 15.4. The van der Waals surface area contributed by atoms with Gasteiger partial charge in [0.25, 0.3) is 11.8 Å². The third kappa shape index (κ3) is 4.65. The Morgan fingerprint density at radius 1 is 1.03 bits per heavy atom. The quantitative estimate of drug-likeness (QED) is 0.553. The number of aromatic nitrogens is 2. The number of carbonyl (C=O) groups is 2. The first-order valence-corrected chi connectivity index (χ1v) is 13.2. The third-order valence-electron chi connectivity index (χ3n) is 7.94. The van der Waals surface area contributed by atoms with Crippen molar-refractivity contribution in [2.75, 3.05) is 49.8 Å². The second kappa shape index (κ2) is 9.85. The lowest BCUT2D eigenvalue weighted by atomic mass is 9.73. The molecule has 1 spiro atoms. The first-order chi connectivity index (χ1) is 18.8. The molecule has 2 amide bonds. The monoisotopic (exact) mass is 529 g/mol. The minimum absolute atomic E-state index is 0.0627. The highest BCUT2D eigenvalue weighted by Gasteiger charge is 2.44. The number of nitrogens with one attached hydrogen (secondary N) is 1. The number of amides is 2. The van der Waals surface area contributed by atoms with Gasteiger partial charge in [-0.3, -0.25) is 14.4 Å². The molecule has 1 aromatic heterocycles. The van der Waals surface area contributed by atoms with Crippen molar-refractivity contribution in [2.45, 2.75) is 25.8 Å². The Morgan fingerprint density at radius 3 is 2.51 bits per heavy atom. The van der Waals surface area contributed by atoms with Gasteiger partial charge in [0, 0.05) is 56.2 Å². The molecule has 1 unspecified atom stereocenters. The number of nitrogens with zero attached hydrogens (tertiary/aromatic N) is 4. The predicted molar refractivity (Wildman–Crippen MR) is 146 cm³/mol. The van der Waals surface area contributed by atoms with Crippen LogP contribution >= 0.6 is 0 Å². The van der Waals surface area contributed by atoms with E-state index in [4.69, 9.17) is 9.47 Å². The lowest BCUT2D eigenvalue weighted by molar-refractivity contribution is -0.120. The van der Waals surface area contributed by atoms with E-state index in [0.717, 1.165) is 44.8 Å². The number of hydrogen-bond acceptors (Lipinski definition) is 7. The van der Waals surface area contributed by atoms with E-state index in [1.807, 2.05) is 48.5 Å². The Kier molecular flexibility index (Phi) is 6.34. The van der Waals surface area contributed by atoms with Gasteiger partial charge in [0.15, 0.2) is 5.69 Å². The standard InChI is InChI=1S/C29H31N5O5/c1-19-14-24(35)26(31-34(19)20-6-4-3-5-7-20)27(36)30-22-16-39-25-9-8-21(15-23(25)32(2)28(22)37)33-17-29(18-33)10-12-38-13-11-29/h3-9,14-15,22H,10-13,16-18H2,1-2H3,(H,30,36). The zero-order chi connectivity index (χ0) is 27.1. The number of anilines is 2. The molecule has 202 valence electrons. The highest BCUT2D eigenvalue weighted by atomic mass is 16.5. The van der Waals surface area contributed by atoms with Crippen molar-refractivity contribution in [2.24, 2.45) is 5.41 Å². The van der Waals surface area contributed by atoms with Gasteiger partial charge in [-0.2, -0.15) is 5.10 Å². The number of para-hydroxylation sites is 1. The van der Waals surface area contributed by atoms with Gasteiger partial charge in [-0.25, -0.2) is 4.68 Å². The van der Waals surface area contributed by atoms with Gasteiger partial charge < -0.3 is 24.6 Å². The van der Waals surface area contributed by atoms with Gasteiger partial charge in [-0.1, -0.05) is 18.2 Å². The van der Waals surface area contributed by atoms with E-state index in [1.165, 1.54) is 15.6 Å². The summed E-state index contributed by atoms with van der Waals surface area (Å²) in [4.78, 5) is 43.1. The molecule has 1 N–H and O–H groups in total. The Hall–Kier alpha value is -4.18.